The van der Waals surface area contributed by atoms with Crippen LogP contribution in [0, 0.1) is 11.3 Å². The Morgan fingerprint density at radius 1 is 1.11 bits per heavy atom. The molecular formula is C25H18ClN7OS. The highest BCUT2D eigenvalue weighted by Crippen LogP contribution is 2.51. The van der Waals surface area contributed by atoms with E-state index in [1.807, 2.05) is 30.3 Å². The maximum absolute atomic E-state index is 13.1. The molecule has 4 N–H and O–H groups in total. The van der Waals surface area contributed by atoms with E-state index >= 15 is 0 Å². The molecule has 0 fully saturated rings. The number of fused-ring (bicyclic) bond motifs is 3. The first-order chi connectivity index (χ1) is 17.0. The minimum absolute atomic E-state index is 0.184. The number of nitrogens with zero attached hydrogens (tertiary/aromatic N) is 4. The van der Waals surface area contributed by atoms with Crippen LogP contribution in [0.2, 0.25) is 5.02 Å². The van der Waals surface area contributed by atoms with Gasteiger partial charge >= 0.3 is 0 Å². The zero-order chi connectivity index (χ0) is 24.1. The number of nitrogens with one attached hydrogen (secondary N) is 2. The van der Waals surface area contributed by atoms with Crippen molar-refractivity contribution in [1.82, 2.24) is 9.78 Å². The minimum Gasteiger partial charge on any atom is -0.389 e. The van der Waals surface area contributed by atoms with Gasteiger partial charge in [0, 0.05) is 26.7 Å². The maximum atomic E-state index is 13.1. The predicted octanol–water partition coefficient (Wildman–Crippen LogP) is 6.13. The third-order valence-electron chi connectivity index (χ3n) is 6.23. The third-order valence-corrected chi connectivity index (χ3v) is 7.56. The fraction of sp³-hybridized carbons (Fsp3) is 0.120. The van der Waals surface area contributed by atoms with Crippen molar-refractivity contribution in [3.05, 3.63) is 97.2 Å². The molecule has 2 aromatic carbocycles. The number of anilines is 2. The van der Waals surface area contributed by atoms with Crippen LogP contribution in [-0.2, 0) is 6.42 Å². The topological polar surface area (TPSA) is 124 Å². The molecule has 35 heavy (non-hydrogen) atoms. The minimum atomic E-state index is -0.366. The van der Waals surface area contributed by atoms with Crippen LogP contribution >= 0.6 is 22.9 Å². The van der Waals surface area contributed by atoms with Gasteiger partial charge in [0.2, 0.25) is 0 Å². The number of aromatic nitrogens is 2. The van der Waals surface area contributed by atoms with Crippen molar-refractivity contribution >= 4 is 50.7 Å². The summed E-state index contributed by atoms with van der Waals surface area (Å²) in [7, 11) is 0. The lowest BCUT2D eigenvalue weighted by molar-refractivity contribution is 0.606. The van der Waals surface area contributed by atoms with Crippen molar-refractivity contribution in [3.63, 3.8) is 0 Å². The van der Waals surface area contributed by atoms with E-state index in [1.165, 1.54) is 11.3 Å². The van der Waals surface area contributed by atoms with E-state index < -0.39 is 0 Å². The second kappa shape index (κ2) is 8.27. The van der Waals surface area contributed by atoms with Gasteiger partial charge in [-0.1, -0.05) is 41.9 Å². The molecule has 0 radical (unpaired) electrons. The summed E-state index contributed by atoms with van der Waals surface area (Å²) in [6.07, 6.45) is 1.49. The summed E-state index contributed by atoms with van der Waals surface area (Å²) in [5.41, 5.74) is 10.8. The molecule has 1 aliphatic carbocycles. The monoisotopic (exact) mass is 499 g/mol. The fourth-order valence-corrected chi connectivity index (χ4v) is 5.87. The molecule has 0 saturated heterocycles. The summed E-state index contributed by atoms with van der Waals surface area (Å²) < 4.78 is 1.77. The van der Waals surface area contributed by atoms with Crippen LogP contribution in [0.1, 0.15) is 34.0 Å². The standard InChI is InChI=1S/C25H18ClN7OS/c26-14-6-8-15(9-7-14)30-31-21-24-29-17-10-11-18-19(16(12-27)23(28)35-18)20(17)22(33(24)32-25(21)34)13-4-2-1-3-5-13/h1-9,22,29H,10-11,28H2,(H,32,34). The number of nitrogens with two attached hydrogens (primary N) is 1. The second-order valence-electron chi connectivity index (χ2n) is 8.27. The predicted molar refractivity (Wildman–Crippen MR) is 138 cm³/mol. The Balaban J connectivity index is 1.54. The van der Waals surface area contributed by atoms with Gasteiger partial charge in [0.15, 0.2) is 11.5 Å². The number of H-pyrrole nitrogens is 1. The molecule has 2 aromatic heterocycles. The number of nitriles is 1. The number of benzene rings is 2. The molecule has 10 heteroatoms. The van der Waals surface area contributed by atoms with Crippen LogP contribution in [0.25, 0.3) is 5.57 Å². The quantitative estimate of drug-likeness (QED) is 0.293. The summed E-state index contributed by atoms with van der Waals surface area (Å²) >= 11 is 7.42. The number of aromatic amines is 1. The van der Waals surface area contributed by atoms with E-state index in [1.54, 1.807) is 28.9 Å². The van der Waals surface area contributed by atoms with Gasteiger partial charge in [-0.2, -0.15) is 10.4 Å². The number of aryl methyl sites for hydroxylation is 1. The highest BCUT2D eigenvalue weighted by atomic mass is 35.5. The van der Waals surface area contributed by atoms with Crippen LogP contribution in [0.15, 0.2) is 75.3 Å². The molecular weight excluding hydrogens is 482 g/mol. The van der Waals surface area contributed by atoms with Gasteiger partial charge in [-0.3, -0.25) is 14.6 Å². The molecule has 8 nitrogen and oxygen atoms in total. The van der Waals surface area contributed by atoms with Gasteiger partial charge in [0.1, 0.15) is 17.1 Å². The molecule has 0 saturated carbocycles. The normalized spacial score (nSPS) is 16.4. The van der Waals surface area contributed by atoms with Gasteiger partial charge < -0.3 is 11.1 Å². The molecule has 6 rings (SSSR count). The van der Waals surface area contributed by atoms with E-state index in [4.69, 9.17) is 17.3 Å². The summed E-state index contributed by atoms with van der Waals surface area (Å²) in [5, 5.41) is 25.9. The number of rotatable bonds is 3. The zero-order valence-corrected chi connectivity index (χ0v) is 19.8. The van der Waals surface area contributed by atoms with Gasteiger partial charge in [0.05, 0.1) is 11.3 Å². The van der Waals surface area contributed by atoms with Crippen LogP contribution in [0.3, 0.4) is 0 Å². The largest absolute Gasteiger partial charge is 0.389 e. The molecule has 4 aromatic rings. The molecule has 3 heterocycles. The summed E-state index contributed by atoms with van der Waals surface area (Å²) in [6.45, 7) is 0. The number of allylic oxidation sites excluding steroid dienone is 2. The maximum Gasteiger partial charge on any atom is 0.294 e. The number of nitrogen functional groups attached to an aromatic ring is 1. The van der Waals surface area contributed by atoms with Crippen molar-refractivity contribution in [3.8, 4) is 6.07 Å². The molecule has 1 atom stereocenters. The smallest absolute Gasteiger partial charge is 0.294 e. The molecule has 172 valence electrons. The first kappa shape index (κ1) is 21.4. The lowest BCUT2D eigenvalue weighted by atomic mass is 9.83. The number of azo groups is 1. The highest BCUT2D eigenvalue weighted by molar-refractivity contribution is 7.16. The first-order valence-corrected chi connectivity index (χ1v) is 12.1. The lowest BCUT2D eigenvalue weighted by Crippen LogP contribution is -2.27. The Morgan fingerprint density at radius 3 is 2.63 bits per heavy atom. The zero-order valence-electron chi connectivity index (χ0n) is 18.2. The van der Waals surface area contributed by atoms with Crippen molar-refractivity contribution in [2.45, 2.75) is 18.9 Å². The average molecular weight is 500 g/mol. The van der Waals surface area contributed by atoms with Crippen LogP contribution < -0.4 is 16.6 Å². The number of thiophene rings is 1. The average Bonchev–Trinajstić information content (AvgIpc) is 3.37. The van der Waals surface area contributed by atoms with E-state index in [2.05, 4.69) is 26.7 Å². The first-order valence-electron chi connectivity index (χ1n) is 10.9. The second-order valence-corrected chi connectivity index (χ2v) is 9.84. The Hall–Kier alpha value is -4.13. The van der Waals surface area contributed by atoms with Gasteiger partial charge in [-0.25, -0.2) is 0 Å². The Labute approximate surface area is 209 Å². The molecule has 1 unspecified atom stereocenters. The Kier molecular flexibility index (Phi) is 5.06. The van der Waals surface area contributed by atoms with Gasteiger partial charge in [-0.15, -0.1) is 16.5 Å². The van der Waals surface area contributed by atoms with E-state index in [-0.39, 0.29) is 17.3 Å². The van der Waals surface area contributed by atoms with Gasteiger partial charge in [0.25, 0.3) is 5.56 Å². The van der Waals surface area contributed by atoms with Crippen LogP contribution in [0.5, 0.6) is 0 Å². The van der Waals surface area contributed by atoms with E-state index in [0.717, 1.165) is 40.1 Å². The number of halogens is 1. The fourth-order valence-electron chi connectivity index (χ4n) is 4.71. The molecule has 0 amide bonds. The molecule has 1 aliphatic heterocycles. The SMILES string of the molecule is N#Cc1c(N)sc2c1C1=C(CC2)Nc2c(N=Nc3ccc(Cl)cc3)c(=O)[nH]n2C1c1ccccc1. The van der Waals surface area contributed by atoms with Gasteiger partial charge in [-0.05, 0) is 42.7 Å². The van der Waals surface area contributed by atoms with Crippen molar-refractivity contribution < 1.29 is 0 Å². The summed E-state index contributed by atoms with van der Waals surface area (Å²) in [5.74, 6) is 0.533. The van der Waals surface area contributed by atoms with E-state index in [9.17, 15) is 10.1 Å². The third kappa shape index (κ3) is 3.46. The van der Waals surface area contributed by atoms with Crippen molar-refractivity contribution in [2.75, 3.05) is 11.1 Å². The van der Waals surface area contributed by atoms with Crippen molar-refractivity contribution in [1.29, 1.82) is 5.26 Å². The van der Waals surface area contributed by atoms with Crippen LogP contribution in [-0.4, -0.2) is 9.78 Å². The molecule has 0 spiro atoms. The van der Waals surface area contributed by atoms with Crippen LogP contribution in [0.4, 0.5) is 22.2 Å². The van der Waals surface area contributed by atoms with E-state index in [0.29, 0.717) is 27.1 Å². The highest BCUT2D eigenvalue weighted by Gasteiger charge is 2.38. The molecule has 2 aliphatic rings. The Bertz CT molecular complexity index is 1620. The van der Waals surface area contributed by atoms with Crippen molar-refractivity contribution in [2.24, 2.45) is 10.2 Å². The summed E-state index contributed by atoms with van der Waals surface area (Å²) in [4.78, 5) is 14.1. The lowest BCUT2D eigenvalue weighted by Gasteiger charge is -2.34. The molecule has 0 bridgehead atoms. The number of hydrogen-bond acceptors (Lipinski definition) is 7. The Morgan fingerprint density at radius 2 is 1.89 bits per heavy atom. The number of hydrogen-bond donors (Lipinski definition) is 3. The summed E-state index contributed by atoms with van der Waals surface area (Å²) in [6, 6.07) is 18.7.